The lowest BCUT2D eigenvalue weighted by Crippen LogP contribution is -2.43. The zero-order valence-corrected chi connectivity index (χ0v) is 16.2. The largest absolute Gasteiger partial charge is 0.503 e. The van der Waals surface area contributed by atoms with Gasteiger partial charge in [0.1, 0.15) is 5.56 Å². The Labute approximate surface area is 169 Å². The van der Waals surface area contributed by atoms with Gasteiger partial charge in [-0.3, -0.25) is 14.4 Å². The van der Waals surface area contributed by atoms with Crippen LogP contribution in [0.4, 0.5) is 13.2 Å². The van der Waals surface area contributed by atoms with E-state index in [0.717, 1.165) is 31.2 Å². The lowest BCUT2D eigenvalue weighted by molar-refractivity contribution is 0.0693. The van der Waals surface area contributed by atoms with Crippen molar-refractivity contribution in [1.82, 2.24) is 14.8 Å². The third-order valence-corrected chi connectivity index (χ3v) is 4.94. The van der Waals surface area contributed by atoms with E-state index in [2.05, 4.69) is 5.32 Å². The summed E-state index contributed by atoms with van der Waals surface area (Å²) in [7, 11) is 0. The molecule has 0 spiro atoms. The first-order valence-electron chi connectivity index (χ1n) is 9.42. The van der Waals surface area contributed by atoms with Crippen molar-refractivity contribution in [1.29, 1.82) is 0 Å². The standard InChI is InChI=1S/C20H20F3N3O4/c1-2-3-6-25-7-8-26-10-12(17(27)18(28)16(26)20(25)30)19(29)24-9-11-4-5-13(21)15(23)14(11)22/h4-5,10,28H,2-3,6-9H2,1H3,(H,24,29). The zero-order chi connectivity index (χ0) is 22.0. The van der Waals surface area contributed by atoms with Crippen molar-refractivity contribution in [3.8, 4) is 5.75 Å². The number of aromatic hydroxyl groups is 1. The highest BCUT2D eigenvalue weighted by molar-refractivity contribution is 5.99. The van der Waals surface area contributed by atoms with Gasteiger partial charge >= 0.3 is 0 Å². The lowest BCUT2D eigenvalue weighted by atomic mass is 10.1. The summed E-state index contributed by atoms with van der Waals surface area (Å²) >= 11 is 0. The van der Waals surface area contributed by atoms with Crippen LogP contribution in [-0.2, 0) is 13.1 Å². The fourth-order valence-electron chi connectivity index (χ4n) is 3.23. The second kappa shape index (κ2) is 8.60. The van der Waals surface area contributed by atoms with E-state index in [1.54, 1.807) is 0 Å². The van der Waals surface area contributed by atoms with Crippen LogP contribution in [-0.4, -0.2) is 39.5 Å². The molecule has 1 aliphatic heterocycles. The smallest absolute Gasteiger partial charge is 0.274 e. The van der Waals surface area contributed by atoms with Crippen LogP contribution in [0.15, 0.2) is 23.1 Å². The van der Waals surface area contributed by atoms with Crippen LogP contribution < -0.4 is 10.7 Å². The minimum Gasteiger partial charge on any atom is -0.503 e. The molecule has 0 radical (unpaired) electrons. The van der Waals surface area contributed by atoms with Crippen molar-refractivity contribution >= 4 is 11.8 Å². The molecule has 30 heavy (non-hydrogen) atoms. The van der Waals surface area contributed by atoms with Crippen molar-refractivity contribution < 1.29 is 27.9 Å². The number of nitrogens with zero attached hydrogens (tertiary/aromatic N) is 2. The normalized spacial score (nSPS) is 13.3. The number of pyridine rings is 1. The number of fused-ring (bicyclic) bond motifs is 1. The Bertz CT molecular complexity index is 1070. The lowest BCUT2D eigenvalue weighted by Gasteiger charge is -2.30. The van der Waals surface area contributed by atoms with E-state index in [0.29, 0.717) is 13.1 Å². The average Bonchev–Trinajstić information content (AvgIpc) is 2.73. The molecule has 2 aromatic rings. The summed E-state index contributed by atoms with van der Waals surface area (Å²) in [5.74, 6) is -6.76. The molecular weight excluding hydrogens is 403 g/mol. The maximum atomic E-state index is 13.7. The summed E-state index contributed by atoms with van der Waals surface area (Å²) in [4.78, 5) is 39.0. The number of unbranched alkanes of at least 4 members (excludes halogenated alkanes) is 1. The topological polar surface area (TPSA) is 91.6 Å². The van der Waals surface area contributed by atoms with Gasteiger partial charge in [-0.25, -0.2) is 13.2 Å². The molecule has 2 amide bonds. The highest BCUT2D eigenvalue weighted by atomic mass is 19.2. The first-order valence-corrected chi connectivity index (χ1v) is 9.42. The second-order valence-electron chi connectivity index (χ2n) is 6.93. The highest BCUT2D eigenvalue weighted by Gasteiger charge is 2.30. The van der Waals surface area contributed by atoms with Crippen molar-refractivity contribution in [2.75, 3.05) is 13.1 Å². The van der Waals surface area contributed by atoms with Gasteiger partial charge in [-0.2, -0.15) is 0 Å². The van der Waals surface area contributed by atoms with Gasteiger partial charge in [0.05, 0.1) is 0 Å². The van der Waals surface area contributed by atoms with Crippen LogP contribution in [0.3, 0.4) is 0 Å². The van der Waals surface area contributed by atoms with E-state index in [1.165, 1.54) is 9.47 Å². The molecule has 0 saturated carbocycles. The van der Waals surface area contributed by atoms with Crippen LogP contribution in [0, 0.1) is 17.5 Å². The maximum absolute atomic E-state index is 13.7. The third-order valence-electron chi connectivity index (χ3n) is 4.94. The molecule has 7 nitrogen and oxygen atoms in total. The van der Waals surface area contributed by atoms with Crippen molar-refractivity contribution in [3.05, 3.63) is 62.8 Å². The number of hydrogen-bond acceptors (Lipinski definition) is 4. The summed E-state index contributed by atoms with van der Waals surface area (Å²) in [5.41, 5.74) is -2.00. The molecule has 2 heterocycles. The average molecular weight is 423 g/mol. The summed E-state index contributed by atoms with van der Waals surface area (Å²) < 4.78 is 41.4. The molecule has 0 unspecified atom stereocenters. The Balaban J connectivity index is 1.83. The van der Waals surface area contributed by atoms with Crippen molar-refractivity contribution in [2.24, 2.45) is 0 Å². The molecule has 0 aliphatic carbocycles. The van der Waals surface area contributed by atoms with Gasteiger partial charge in [0.15, 0.2) is 28.9 Å². The molecule has 2 N–H and O–H groups in total. The highest BCUT2D eigenvalue weighted by Crippen LogP contribution is 2.21. The number of amides is 2. The third kappa shape index (κ3) is 3.89. The van der Waals surface area contributed by atoms with E-state index in [9.17, 15) is 32.7 Å². The summed E-state index contributed by atoms with van der Waals surface area (Å²) in [6, 6.07) is 1.68. The Morgan fingerprint density at radius 1 is 1.17 bits per heavy atom. The van der Waals surface area contributed by atoms with Crippen molar-refractivity contribution in [2.45, 2.75) is 32.9 Å². The first-order chi connectivity index (χ1) is 14.3. The van der Waals surface area contributed by atoms with Gasteiger partial charge < -0.3 is 19.9 Å². The molecule has 0 fully saturated rings. The molecule has 0 atom stereocenters. The Morgan fingerprint density at radius 3 is 2.60 bits per heavy atom. The monoisotopic (exact) mass is 423 g/mol. The van der Waals surface area contributed by atoms with Crippen LogP contribution >= 0.6 is 0 Å². The fraction of sp³-hybridized carbons (Fsp3) is 0.350. The second-order valence-corrected chi connectivity index (χ2v) is 6.93. The minimum absolute atomic E-state index is 0.189. The molecule has 1 aliphatic rings. The van der Waals surface area contributed by atoms with E-state index in [4.69, 9.17) is 0 Å². The zero-order valence-electron chi connectivity index (χ0n) is 16.2. The van der Waals surface area contributed by atoms with E-state index < -0.39 is 52.6 Å². The van der Waals surface area contributed by atoms with Crippen LogP contribution in [0.1, 0.15) is 46.2 Å². The molecular formula is C20H20F3N3O4. The fourth-order valence-corrected chi connectivity index (χ4v) is 3.23. The van der Waals surface area contributed by atoms with Crippen LogP contribution in [0.2, 0.25) is 0 Å². The van der Waals surface area contributed by atoms with E-state index in [1.807, 2.05) is 6.92 Å². The number of benzene rings is 1. The summed E-state index contributed by atoms with van der Waals surface area (Å²) in [6.45, 7) is 2.59. The van der Waals surface area contributed by atoms with E-state index >= 15 is 0 Å². The number of carbonyl (C=O) groups is 2. The number of halogens is 3. The molecule has 0 bridgehead atoms. The number of rotatable bonds is 6. The molecule has 160 valence electrons. The number of nitrogens with one attached hydrogen (secondary N) is 1. The Morgan fingerprint density at radius 2 is 1.90 bits per heavy atom. The predicted octanol–water partition coefficient (Wildman–Crippen LogP) is 2.16. The Hall–Kier alpha value is -3.30. The van der Waals surface area contributed by atoms with Crippen molar-refractivity contribution in [3.63, 3.8) is 0 Å². The van der Waals surface area contributed by atoms with Gasteiger partial charge in [-0.05, 0) is 12.5 Å². The molecule has 0 saturated heterocycles. The van der Waals surface area contributed by atoms with Gasteiger partial charge in [0.25, 0.3) is 11.8 Å². The number of aromatic nitrogens is 1. The van der Waals surface area contributed by atoms with Gasteiger partial charge in [0.2, 0.25) is 5.43 Å². The molecule has 3 rings (SSSR count). The molecule has 1 aromatic carbocycles. The van der Waals surface area contributed by atoms with Crippen LogP contribution in [0.5, 0.6) is 5.75 Å². The number of hydrogen-bond donors (Lipinski definition) is 2. The first kappa shape index (κ1) is 21.4. The minimum atomic E-state index is -1.67. The van der Waals surface area contributed by atoms with E-state index in [-0.39, 0.29) is 17.8 Å². The van der Waals surface area contributed by atoms with Crippen LogP contribution in [0.25, 0.3) is 0 Å². The van der Waals surface area contributed by atoms with Gasteiger partial charge in [0, 0.05) is 37.9 Å². The SMILES string of the molecule is CCCCN1CCn2cc(C(=O)NCc3ccc(F)c(F)c3F)c(=O)c(O)c2C1=O. The number of carbonyl (C=O) groups excluding carboxylic acids is 2. The summed E-state index contributed by atoms with van der Waals surface area (Å²) in [6.07, 6.45) is 2.81. The van der Waals surface area contributed by atoms with Gasteiger partial charge in [-0.15, -0.1) is 0 Å². The van der Waals surface area contributed by atoms with Gasteiger partial charge in [-0.1, -0.05) is 19.4 Å². The summed E-state index contributed by atoms with van der Waals surface area (Å²) in [5, 5.41) is 12.5. The molecule has 10 heteroatoms. The quantitative estimate of drug-likeness (QED) is 0.697. The Kier molecular flexibility index (Phi) is 6.14. The molecule has 1 aromatic heterocycles. The predicted molar refractivity (Wildman–Crippen MR) is 101 cm³/mol. The maximum Gasteiger partial charge on any atom is 0.274 e.